The number of carbonyl (C=O) groups excluding carboxylic acids is 1. The summed E-state index contributed by atoms with van der Waals surface area (Å²) < 4.78 is 11.6. The second kappa shape index (κ2) is 16.7. The van der Waals surface area contributed by atoms with Crippen LogP contribution in [0.25, 0.3) is 0 Å². The van der Waals surface area contributed by atoms with Gasteiger partial charge in [0.15, 0.2) is 5.75 Å². The van der Waals surface area contributed by atoms with Crippen molar-refractivity contribution < 1.29 is 24.2 Å². The predicted octanol–water partition coefficient (Wildman–Crippen LogP) is 8.19. The molecule has 0 aliphatic heterocycles. The summed E-state index contributed by atoms with van der Waals surface area (Å²) in [5, 5.41) is 13.0. The van der Waals surface area contributed by atoms with Crippen LogP contribution in [0.15, 0.2) is 133 Å². The number of carboxylic acid groups (broad SMARTS) is 1. The van der Waals surface area contributed by atoms with Gasteiger partial charge in [-0.15, -0.1) is 0 Å². The Morgan fingerprint density at radius 3 is 2.13 bits per heavy atom. The van der Waals surface area contributed by atoms with Crippen molar-refractivity contribution in [1.82, 2.24) is 0 Å². The van der Waals surface area contributed by atoms with E-state index in [0.717, 1.165) is 30.8 Å². The minimum absolute atomic E-state index is 0.274. The molecule has 5 aromatic rings. The molecule has 240 valence electrons. The van der Waals surface area contributed by atoms with E-state index in [4.69, 9.17) is 9.47 Å². The molecule has 1 unspecified atom stereocenters. The molecule has 7 nitrogen and oxygen atoms in total. The molecule has 5 rings (SSSR count). The van der Waals surface area contributed by atoms with Gasteiger partial charge in [0.2, 0.25) is 0 Å². The number of nitrogens with zero attached hydrogens (tertiary/aromatic N) is 1. The summed E-state index contributed by atoms with van der Waals surface area (Å²) >= 11 is 0. The van der Waals surface area contributed by atoms with Gasteiger partial charge in [0.25, 0.3) is 0 Å². The molecule has 0 spiro atoms. The van der Waals surface area contributed by atoms with Gasteiger partial charge in [0.1, 0.15) is 11.8 Å². The largest absolute Gasteiger partial charge is 0.494 e. The molecular formula is C40H40N2O5. The van der Waals surface area contributed by atoms with E-state index in [1.54, 1.807) is 48.5 Å². The van der Waals surface area contributed by atoms with Crippen molar-refractivity contribution in [2.24, 2.45) is 0 Å². The number of carboxylic acids is 1. The van der Waals surface area contributed by atoms with Gasteiger partial charge in [-0.1, -0.05) is 90.5 Å². The summed E-state index contributed by atoms with van der Waals surface area (Å²) in [6, 6.07) is 41.5. The lowest BCUT2D eigenvalue weighted by atomic mass is 10.0. The monoisotopic (exact) mass is 628 g/mol. The third kappa shape index (κ3) is 9.96. The van der Waals surface area contributed by atoms with Crippen LogP contribution in [-0.2, 0) is 17.8 Å². The van der Waals surface area contributed by atoms with Crippen molar-refractivity contribution in [2.45, 2.75) is 38.8 Å². The minimum atomic E-state index is -0.985. The minimum Gasteiger partial charge on any atom is -0.494 e. The molecule has 5 aromatic carbocycles. The fourth-order valence-corrected chi connectivity index (χ4v) is 5.22. The van der Waals surface area contributed by atoms with E-state index in [9.17, 15) is 14.7 Å². The first-order valence-electron chi connectivity index (χ1n) is 15.9. The third-order valence-electron chi connectivity index (χ3n) is 7.83. The number of hydrogen-bond acceptors (Lipinski definition) is 6. The van der Waals surface area contributed by atoms with Gasteiger partial charge in [-0.3, -0.25) is 0 Å². The van der Waals surface area contributed by atoms with Crippen LogP contribution in [0, 0.1) is 6.92 Å². The first kappa shape index (κ1) is 32.8. The Balaban J connectivity index is 1.11. The van der Waals surface area contributed by atoms with E-state index in [-0.39, 0.29) is 5.75 Å². The average Bonchev–Trinajstić information content (AvgIpc) is 3.10. The number of hydrogen-bond donors (Lipinski definition) is 2. The van der Waals surface area contributed by atoms with Crippen molar-refractivity contribution in [3.63, 3.8) is 0 Å². The van der Waals surface area contributed by atoms with Crippen molar-refractivity contribution in [1.29, 1.82) is 0 Å². The number of esters is 1. The van der Waals surface area contributed by atoms with Crippen LogP contribution in [0.2, 0.25) is 0 Å². The molecule has 47 heavy (non-hydrogen) atoms. The molecule has 0 radical (unpaired) electrons. The van der Waals surface area contributed by atoms with Gasteiger partial charge >= 0.3 is 11.9 Å². The van der Waals surface area contributed by atoms with E-state index in [1.807, 2.05) is 36.4 Å². The number of aryl methyl sites for hydroxylation is 2. The molecule has 0 aromatic heterocycles. The lowest BCUT2D eigenvalue weighted by Gasteiger charge is -2.25. The van der Waals surface area contributed by atoms with Gasteiger partial charge in [0, 0.05) is 18.8 Å². The summed E-state index contributed by atoms with van der Waals surface area (Å²) in [7, 11) is 0. The van der Waals surface area contributed by atoms with Crippen LogP contribution >= 0.6 is 0 Å². The SMILES string of the molecule is Cc1ccc(N(CCCOc2ccc(CCC(Nc3ccccc3OC(=O)c3ccccc3)C(=O)O)cc2)Cc2ccccc2)cc1. The van der Waals surface area contributed by atoms with Crippen LogP contribution in [0.4, 0.5) is 11.4 Å². The Kier molecular flexibility index (Phi) is 11.6. The number of rotatable bonds is 16. The zero-order chi connectivity index (χ0) is 32.8. The highest BCUT2D eigenvalue weighted by Crippen LogP contribution is 2.27. The normalized spacial score (nSPS) is 11.3. The van der Waals surface area contributed by atoms with Crippen molar-refractivity contribution in [2.75, 3.05) is 23.4 Å². The number of aliphatic carboxylic acids is 1. The van der Waals surface area contributed by atoms with E-state index in [2.05, 4.69) is 65.7 Å². The average molecular weight is 629 g/mol. The molecule has 0 heterocycles. The highest BCUT2D eigenvalue weighted by Gasteiger charge is 2.20. The van der Waals surface area contributed by atoms with E-state index in [0.29, 0.717) is 30.7 Å². The van der Waals surface area contributed by atoms with Gasteiger partial charge in [-0.05, 0) is 85.8 Å². The van der Waals surface area contributed by atoms with E-state index < -0.39 is 18.0 Å². The molecule has 0 bridgehead atoms. The Labute approximate surface area is 276 Å². The Hall–Kier alpha value is -5.56. The van der Waals surface area contributed by atoms with Gasteiger partial charge < -0.3 is 24.8 Å². The third-order valence-corrected chi connectivity index (χ3v) is 7.83. The van der Waals surface area contributed by atoms with E-state index >= 15 is 0 Å². The number of para-hydroxylation sites is 2. The summed E-state index contributed by atoms with van der Waals surface area (Å²) in [4.78, 5) is 27.1. The Morgan fingerprint density at radius 2 is 1.43 bits per heavy atom. The second-order valence-electron chi connectivity index (χ2n) is 11.4. The maximum absolute atomic E-state index is 12.6. The van der Waals surface area contributed by atoms with Gasteiger partial charge in [-0.2, -0.15) is 0 Å². The maximum Gasteiger partial charge on any atom is 0.343 e. The molecule has 7 heteroatoms. The van der Waals surface area contributed by atoms with Gasteiger partial charge in [-0.25, -0.2) is 9.59 Å². The van der Waals surface area contributed by atoms with Crippen LogP contribution in [-0.4, -0.2) is 36.2 Å². The van der Waals surface area contributed by atoms with Crippen LogP contribution in [0.5, 0.6) is 11.5 Å². The first-order chi connectivity index (χ1) is 22.9. The zero-order valence-electron chi connectivity index (χ0n) is 26.5. The lowest BCUT2D eigenvalue weighted by molar-refractivity contribution is -0.138. The molecule has 0 saturated heterocycles. The van der Waals surface area contributed by atoms with Crippen molar-refractivity contribution in [3.8, 4) is 11.5 Å². The Morgan fingerprint density at radius 1 is 0.766 bits per heavy atom. The van der Waals surface area contributed by atoms with Gasteiger partial charge in [0.05, 0.1) is 17.9 Å². The van der Waals surface area contributed by atoms with Crippen LogP contribution in [0.3, 0.4) is 0 Å². The molecule has 2 N–H and O–H groups in total. The topological polar surface area (TPSA) is 88.1 Å². The first-order valence-corrected chi connectivity index (χ1v) is 15.9. The Bertz CT molecular complexity index is 1710. The number of benzene rings is 5. The number of anilines is 2. The quantitative estimate of drug-likeness (QED) is 0.0647. The van der Waals surface area contributed by atoms with Crippen molar-refractivity contribution in [3.05, 3.63) is 156 Å². The fraction of sp³-hybridized carbons (Fsp3) is 0.200. The number of nitrogens with one attached hydrogen (secondary N) is 1. The highest BCUT2D eigenvalue weighted by atomic mass is 16.5. The smallest absolute Gasteiger partial charge is 0.343 e. The predicted molar refractivity (Wildman–Crippen MR) is 186 cm³/mol. The molecular weight excluding hydrogens is 588 g/mol. The van der Waals surface area contributed by atoms with Crippen LogP contribution < -0.4 is 19.7 Å². The zero-order valence-corrected chi connectivity index (χ0v) is 26.5. The molecule has 0 aliphatic carbocycles. The van der Waals surface area contributed by atoms with Crippen LogP contribution in [0.1, 0.15) is 39.9 Å². The molecule has 0 amide bonds. The summed E-state index contributed by atoms with van der Waals surface area (Å²) in [6.07, 6.45) is 1.74. The molecule has 0 aliphatic rings. The molecule has 1 atom stereocenters. The summed E-state index contributed by atoms with van der Waals surface area (Å²) in [5.74, 6) is -0.442. The fourth-order valence-electron chi connectivity index (χ4n) is 5.22. The summed E-state index contributed by atoms with van der Waals surface area (Å²) in [6.45, 7) is 4.36. The van der Waals surface area contributed by atoms with E-state index in [1.165, 1.54) is 16.8 Å². The second-order valence-corrected chi connectivity index (χ2v) is 11.4. The molecule has 0 fully saturated rings. The standard InChI is InChI=1S/C40H40N2O5/c1-30-17-22-34(23-18-30)42(29-32-11-4-2-5-12-32)27-10-28-46-35-24-19-31(20-25-35)21-26-37(39(43)44)41-36-15-8-9-16-38(36)47-40(45)33-13-6-3-7-14-33/h2-9,11-20,22-25,37,41H,10,21,26-29H2,1H3,(H,43,44). The highest BCUT2D eigenvalue weighted by molar-refractivity contribution is 5.92. The maximum atomic E-state index is 12.6. The number of carbonyl (C=O) groups is 2. The summed E-state index contributed by atoms with van der Waals surface area (Å²) in [5.41, 5.74) is 5.55. The number of ether oxygens (including phenoxy) is 2. The lowest BCUT2D eigenvalue weighted by Crippen LogP contribution is -2.30. The molecule has 0 saturated carbocycles. The van der Waals surface area contributed by atoms with Crippen molar-refractivity contribution >= 4 is 23.3 Å².